The van der Waals surface area contributed by atoms with Crippen molar-refractivity contribution in [3.8, 4) is 11.5 Å². The molecule has 3 rings (SSSR count). The quantitative estimate of drug-likeness (QED) is 0.816. The molecule has 0 N–H and O–H groups in total. The summed E-state index contributed by atoms with van der Waals surface area (Å²) in [5.41, 5.74) is 3.48. The fraction of sp³-hybridized carbons (Fsp3) is 0.364. The van der Waals surface area contributed by atoms with Gasteiger partial charge in [-0.1, -0.05) is 6.07 Å². The van der Waals surface area contributed by atoms with E-state index in [0.717, 1.165) is 5.56 Å². The van der Waals surface area contributed by atoms with E-state index in [1.165, 1.54) is 5.56 Å². The predicted octanol–water partition coefficient (Wildman–Crippen LogP) is 2.92. The van der Waals surface area contributed by atoms with Crippen molar-refractivity contribution in [1.82, 2.24) is 9.80 Å². The van der Waals surface area contributed by atoms with Gasteiger partial charge in [-0.05, 0) is 49.2 Å². The molecule has 1 heterocycles. The van der Waals surface area contributed by atoms with Gasteiger partial charge in [-0.2, -0.15) is 0 Å². The molecule has 28 heavy (non-hydrogen) atoms. The Bertz CT molecular complexity index is 864. The number of rotatable bonds is 4. The minimum atomic E-state index is -0.0875. The lowest BCUT2D eigenvalue weighted by Gasteiger charge is -2.35. The van der Waals surface area contributed by atoms with Crippen molar-refractivity contribution in [2.24, 2.45) is 0 Å². The molecular weight excluding hydrogens is 356 g/mol. The van der Waals surface area contributed by atoms with Gasteiger partial charge in [-0.15, -0.1) is 0 Å². The van der Waals surface area contributed by atoms with Crippen molar-refractivity contribution in [3.63, 3.8) is 0 Å². The zero-order chi connectivity index (χ0) is 20.3. The molecule has 6 nitrogen and oxygen atoms in total. The highest BCUT2D eigenvalue weighted by molar-refractivity contribution is 5.96. The molecule has 0 bridgehead atoms. The van der Waals surface area contributed by atoms with Crippen LogP contribution in [-0.4, -0.2) is 62.0 Å². The van der Waals surface area contributed by atoms with E-state index < -0.39 is 0 Å². The summed E-state index contributed by atoms with van der Waals surface area (Å²) in [5.74, 6) is 1.08. The van der Waals surface area contributed by atoms with E-state index in [1.807, 2.05) is 32.0 Å². The van der Waals surface area contributed by atoms with Crippen molar-refractivity contribution in [1.29, 1.82) is 0 Å². The Labute approximate surface area is 165 Å². The maximum absolute atomic E-state index is 12.9. The van der Waals surface area contributed by atoms with Crippen molar-refractivity contribution in [3.05, 3.63) is 58.7 Å². The molecule has 1 aliphatic rings. The van der Waals surface area contributed by atoms with Crippen LogP contribution in [0.3, 0.4) is 0 Å². The maximum atomic E-state index is 12.9. The lowest BCUT2D eigenvalue weighted by Crippen LogP contribution is -2.50. The SMILES string of the molecule is COc1cc(OC)cc(C(=O)N2CCN(C(=O)c3ccc(C)c(C)c3)CC2)c1. The van der Waals surface area contributed by atoms with E-state index in [2.05, 4.69) is 0 Å². The first-order valence-corrected chi connectivity index (χ1v) is 9.32. The lowest BCUT2D eigenvalue weighted by molar-refractivity contribution is 0.0535. The number of benzene rings is 2. The largest absolute Gasteiger partial charge is 0.497 e. The molecule has 0 spiro atoms. The molecule has 1 fully saturated rings. The van der Waals surface area contributed by atoms with Gasteiger partial charge in [0.05, 0.1) is 14.2 Å². The predicted molar refractivity (Wildman–Crippen MR) is 107 cm³/mol. The first-order chi connectivity index (χ1) is 13.4. The number of piperazine rings is 1. The number of hydrogen-bond donors (Lipinski definition) is 0. The van der Waals surface area contributed by atoms with Crippen LogP contribution in [0.4, 0.5) is 0 Å². The standard InChI is InChI=1S/C22H26N2O4/c1-15-5-6-17(11-16(15)2)21(25)23-7-9-24(10-8-23)22(26)18-12-19(27-3)14-20(13-18)28-4/h5-6,11-14H,7-10H2,1-4H3. The monoisotopic (exact) mass is 382 g/mol. The third-order valence-corrected chi connectivity index (χ3v) is 5.21. The first-order valence-electron chi connectivity index (χ1n) is 9.32. The molecule has 2 aromatic rings. The van der Waals surface area contributed by atoms with Gasteiger partial charge in [0.25, 0.3) is 11.8 Å². The zero-order valence-corrected chi connectivity index (χ0v) is 16.8. The number of hydrogen-bond acceptors (Lipinski definition) is 4. The summed E-state index contributed by atoms with van der Waals surface area (Å²) >= 11 is 0. The molecular formula is C22H26N2O4. The van der Waals surface area contributed by atoms with Gasteiger partial charge in [0.15, 0.2) is 0 Å². The van der Waals surface area contributed by atoms with E-state index in [-0.39, 0.29) is 11.8 Å². The summed E-state index contributed by atoms with van der Waals surface area (Å²) in [4.78, 5) is 29.2. The second-order valence-corrected chi connectivity index (χ2v) is 6.98. The fourth-order valence-electron chi connectivity index (χ4n) is 3.28. The van der Waals surface area contributed by atoms with Crippen molar-refractivity contribution >= 4 is 11.8 Å². The third kappa shape index (κ3) is 4.11. The summed E-state index contributed by atoms with van der Waals surface area (Å²) in [6.07, 6.45) is 0. The van der Waals surface area contributed by atoms with Gasteiger partial charge in [0.1, 0.15) is 11.5 Å². The highest BCUT2D eigenvalue weighted by Crippen LogP contribution is 2.24. The molecule has 0 saturated carbocycles. The number of nitrogens with zero attached hydrogens (tertiary/aromatic N) is 2. The number of amides is 2. The summed E-state index contributed by atoms with van der Waals surface area (Å²) in [6, 6.07) is 10.9. The molecule has 0 radical (unpaired) electrons. The van der Waals surface area contributed by atoms with Crippen LogP contribution in [-0.2, 0) is 0 Å². The molecule has 2 amide bonds. The Morgan fingerprint density at radius 2 is 1.21 bits per heavy atom. The van der Waals surface area contributed by atoms with Gasteiger partial charge >= 0.3 is 0 Å². The fourth-order valence-corrected chi connectivity index (χ4v) is 3.28. The van der Waals surface area contributed by atoms with Crippen LogP contribution >= 0.6 is 0 Å². The first kappa shape index (κ1) is 19.7. The molecule has 0 unspecified atom stereocenters. The van der Waals surface area contributed by atoms with Crippen molar-refractivity contribution in [2.75, 3.05) is 40.4 Å². The highest BCUT2D eigenvalue weighted by atomic mass is 16.5. The minimum absolute atomic E-state index is 0.0123. The number of aryl methyl sites for hydroxylation is 2. The van der Waals surface area contributed by atoms with Crippen LogP contribution in [0.2, 0.25) is 0 Å². The van der Waals surface area contributed by atoms with E-state index in [1.54, 1.807) is 42.2 Å². The Morgan fingerprint density at radius 1 is 0.714 bits per heavy atom. The number of carbonyl (C=O) groups excluding carboxylic acids is 2. The Balaban J connectivity index is 1.67. The van der Waals surface area contributed by atoms with Gasteiger partial charge < -0.3 is 19.3 Å². The molecule has 2 aromatic carbocycles. The van der Waals surface area contributed by atoms with E-state index in [4.69, 9.17) is 9.47 Å². The van der Waals surface area contributed by atoms with Gasteiger partial charge in [0.2, 0.25) is 0 Å². The lowest BCUT2D eigenvalue weighted by atomic mass is 10.1. The highest BCUT2D eigenvalue weighted by Gasteiger charge is 2.26. The minimum Gasteiger partial charge on any atom is -0.497 e. The molecule has 0 aromatic heterocycles. The van der Waals surface area contributed by atoms with Crippen LogP contribution in [0.15, 0.2) is 36.4 Å². The molecule has 1 aliphatic heterocycles. The molecule has 6 heteroatoms. The Hall–Kier alpha value is -3.02. The molecule has 1 saturated heterocycles. The summed E-state index contributed by atoms with van der Waals surface area (Å²) in [6.45, 7) is 6.05. The van der Waals surface area contributed by atoms with Crippen LogP contribution in [0.5, 0.6) is 11.5 Å². The normalized spacial score (nSPS) is 14.0. The van der Waals surface area contributed by atoms with E-state index >= 15 is 0 Å². The number of ether oxygens (including phenoxy) is 2. The topological polar surface area (TPSA) is 59.1 Å². The molecule has 0 aliphatic carbocycles. The number of carbonyl (C=O) groups is 2. The maximum Gasteiger partial charge on any atom is 0.254 e. The van der Waals surface area contributed by atoms with E-state index in [0.29, 0.717) is 48.8 Å². The Kier molecular flexibility index (Phi) is 5.87. The molecule has 0 atom stereocenters. The third-order valence-electron chi connectivity index (χ3n) is 5.21. The van der Waals surface area contributed by atoms with Crippen LogP contribution in [0.1, 0.15) is 31.8 Å². The summed E-state index contributed by atoms with van der Waals surface area (Å²) in [7, 11) is 3.11. The summed E-state index contributed by atoms with van der Waals surface area (Å²) in [5, 5.41) is 0. The Morgan fingerprint density at radius 3 is 1.68 bits per heavy atom. The van der Waals surface area contributed by atoms with Crippen molar-refractivity contribution in [2.45, 2.75) is 13.8 Å². The second kappa shape index (κ2) is 8.33. The second-order valence-electron chi connectivity index (χ2n) is 6.98. The number of methoxy groups -OCH3 is 2. The van der Waals surface area contributed by atoms with Crippen LogP contribution < -0.4 is 9.47 Å². The van der Waals surface area contributed by atoms with Gasteiger partial charge in [0, 0.05) is 43.4 Å². The van der Waals surface area contributed by atoms with Gasteiger partial charge in [-0.25, -0.2) is 0 Å². The molecule has 148 valence electrons. The zero-order valence-electron chi connectivity index (χ0n) is 16.8. The van der Waals surface area contributed by atoms with Crippen LogP contribution in [0.25, 0.3) is 0 Å². The average Bonchev–Trinajstić information content (AvgIpc) is 2.74. The average molecular weight is 382 g/mol. The smallest absolute Gasteiger partial charge is 0.254 e. The van der Waals surface area contributed by atoms with Crippen LogP contribution in [0, 0.1) is 13.8 Å². The van der Waals surface area contributed by atoms with Crippen molar-refractivity contribution < 1.29 is 19.1 Å². The van der Waals surface area contributed by atoms with Gasteiger partial charge in [-0.3, -0.25) is 9.59 Å². The summed E-state index contributed by atoms with van der Waals surface area (Å²) < 4.78 is 10.5. The van der Waals surface area contributed by atoms with E-state index in [9.17, 15) is 9.59 Å².